The van der Waals surface area contributed by atoms with E-state index >= 15 is 0 Å². The van der Waals surface area contributed by atoms with E-state index in [4.69, 9.17) is 5.73 Å². The maximum Gasteiger partial charge on any atom is 0.239 e. The van der Waals surface area contributed by atoms with Crippen molar-refractivity contribution in [1.82, 2.24) is 10.2 Å². The number of carbonyl (C=O) groups is 1. The largest absolute Gasteiger partial charge is 0.368 e. The summed E-state index contributed by atoms with van der Waals surface area (Å²) in [6.45, 7) is 3.78. The van der Waals surface area contributed by atoms with Gasteiger partial charge >= 0.3 is 0 Å². The molecule has 0 saturated heterocycles. The highest BCUT2D eigenvalue weighted by atomic mass is 16.1. The highest BCUT2D eigenvalue weighted by Crippen LogP contribution is 2.40. The lowest BCUT2D eigenvalue weighted by Gasteiger charge is -2.38. The summed E-state index contributed by atoms with van der Waals surface area (Å²) in [5.41, 5.74) is 5.28. The molecule has 2 fully saturated rings. The van der Waals surface area contributed by atoms with Gasteiger partial charge < -0.3 is 16.0 Å². The number of nitrogens with zero attached hydrogens (tertiary/aromatic N) is 1. The monoisotopic (exact) mass is 267 g/mol. The van der Waals surface area contributed by atoms with Crippen LogP contribution in [0.3, 0.4) is 0 Å². The predicted molar refractivity (Wildman–Crippen MR) is 77.8 cm³/mol. The fraction of sp³-hybridized carbons (Fsp3) is 0.933. The van der Waals surface area contributed by atoms with Gasteiger partial charge in [0.1, 0.15) is 5.54 Å². The third kappa shape index (κ3) is 3.29. The molecule has 4 nitrogen and oxygen atoms in total. The van der Waals surface area contributed by atoms with E-state index < -0.39 is 5.54 Å². The van der Waals surface area contributed by atoms with Crippen molar-refractivity contribution in [3.05, 3.63) is 0 Å². The van der Waals surface area contributed by atoms with Crippen LogP contribution < -0.4 is 11.1 Å². The van der Waals surface area contributed by atoms with Crippen LogP contribution in [0.2, 0.25) is 0 Å². The Labute approximate surface area is 117 Å². The Morgan fingerprint density at radius 2 is 1.95 bits per heavy atom. The highest BCUT2D eigenvalue weighted by Gasteiger charge is 2.50. The number of likely N-dealkylation sites (N-methyl/N-ethyl adjacent to an activating group) is 1. The molecule has 3 N–H and O–H groups in total. The summed E-state index contributed by atoms with van der Waals surface area (Å²) >= 11 is 0. The summed E-state index contributed by atoms with van der Waals surface area (Å²) in [7, 11) is 2.16. The first-order valence-electron chi connectivity index (χ1n) is 7.85. The van der Waals surface area contributed by atoms with Crippen molar-refractivity contribution in [2.24, 2.45) is 11.7 Å². The van der Waals surface area contributed by atoms with Gasteiger partial charge in [-0.2, -0.15) is 0 Å². The summed E-state index contributed by atoms with van der Waals surface area (Å²) in [5.74, 6) is 0.286. The zero-order chi connectivity index (χ0) is 13.9. The lowest BCUT2D eigenvalue weighted by molar-refractivity contribution is -0.126. The zero-order valence-electron chi connectivity index (χ0n) is 12.5. The van der Waals surface area contributed by atoms with Crippen LogP contribution in [0.25, 0.3) is 0 Å². The van der Waals surface area contributed by atoms with Crippen molar-refractivity contribution >= 4 is 5.91 Å². The summed E-state index contributed by atoms with van der Waals surface area (Å²) in [5, 5.41) is 3.48. The molecule has 0 aliphatic heterocycles. The third-order valence-corrected chi connectivity index (χ3v) is 4.85. The van der Waals surface area contributed by atoms with E-state index in [0.29, 0.717) is 12.0 Å². The van der Waals surface area contributed by atoms with Crippen LogP contribution in [0.4, 0.5) is 0 Å². The van der Waals surface area contributed by atoms with E-state index in [2.05, 4.69) is 24.2 Å². The molecule has 19 heavy (non-hydrogen) atoms. The van der Waals surface area contributed by atoms with Gasteiger partial charge in [0.05, 0.1) is 0 Å². The number of rotatable bonds is 8. The van der Waals surface area contributed by atoms with Crippen LogP contribution in [0.15, 0.2) is 0 Å². The van der Waals surface area contributed by atoms with E-state index in [9.17, 15) is 4.79 Å². The van der Waals surface area contributed by atoms with Gasteiger partial charge in [0.2, 0.25) is 5.91 Å². The first-order chi connectivity index (χ1) is 9.10. The second-order valence-electron chi connectivity index (χ2n) is 6.39. The average molecular weight is 267 g/mol. The van der Waals surface area contributed by atoms with Gasteiger partial charge in [-0.1, -0.05) is 19.8 Å². The molecule has 0 heterocycles. The standard InChI is InChI=1S/C15H29N3O/c1-3-10-17-15(14(16)19,12-8-9-12)11-18(2)13-6-4-5-7-13/h12-13,17H,3-11H2,1-2H3,(H2,16,19). The third-order valence-electron chi connectivity index (χ3n) is 4.85. The van der Waals surface area contributed by atoms with Gasteiger partial charge in [0.25, 0.3) is 0 Å². The molecule has 1 atom stereocenters. The molecule has 0 aromatic rings. The smallest absolute Gasteiger partial charge is 0.239 e. The van der Waals surface area contributed by atoms with Crippen LogP contribution >= 0.6 is 0 Å². The van der Waals surface area contributed by atoms with Gasteiger partial charge in [-0.3, -0.25) is 4.79 Å². The average Bonchev–Trinajstić information content (AvgIpc) is 3.08. The fourth-order valence-corrected chi connectivity index (χ4v) is 3.49. The van der Waals surface area contributed by atoms with E-state index in [1.165, 1.54) is 25.7 Å². The Kier molecular flexibility index (Phi) is 4.85. The Morgan fingerprint density at radius 3 is 2.42 bits per heavy atom. The maximum absolute atomic E-state index is 12.1. The SMILES string of the molecule is CCCNC(CN(C)C1CCCC1)(C(N)=O)C1CC1. The number of hydrogen-bond donors (Lipinski definition) is 2. The van der Waals surface area contributed by atoms with E-state index in [-0.39, 0.29) is 5.91 Å². The molecule has 0 spiro atoms. The van der Waals surface area contributed by atoms with E-state index in [1.54, 1.807) is 0 Å². The lowest BCUT2D eigenvalue weighted by atomic mass is 9.90. The zero-order valence-corrected chi connectivity index (χ0v) is 12.5. The lowest BCUT2D eigenvalue weighted by Crippen LogP contribution is -2.63. The van der Waals surface area contributed by atoms with Gasteiger partial charge in [-0.05, 0) is 51.6 Å². The quantitative estimate of drug-likeness (QED) is 0.700. The Hall–Kier alpha value is -0.610. The Bertz CT molecular complexity index is 311. The molecule has 0 aromatic heterocycles. The number of nitrogens with two attached hydrogens (primary N) is 1. The molecule has 4 heteroatoms. The van der Waals surface area contributed by atoms with Crippen LogP contribution in [0.5, 0.6) is 0 Å². The molecule has 0 radical (unpaired) electrons. The van der Waals surface area contributed by atoms with E-state index in [1.807, 2.05) is 0 Å². The minimum absolute atomic E-state index is 0.159. The van der Waals surface area contributed by atoms with Crippen LogP contribution in [0, 0.1) is 5.92 Å². The summed E-state index contributed by atoms with van der Waals surface area (Å²) in [4.78, 5) is 14.5. The molecular formula is C15H29N3O. The Balaban J connectivity index is 2.04. The Morgan fingerprint density at radius 1 is 1.32 bits per heavy atom. The molecule has 2 saturated carbocycles. The van der Waals surface area contributed by atoms with Crippen molar-refractivity contribution in [2.75, 3.05) is 20.1 Å². The van der Waals surface area contributed by atoms with Crippen molar-refractivity contribution in [1.29, 1.82) is 0 Å². The summed E-state index contributed by atoms with van der Waals surface area (Å²) in [6.07, 6.45) is 8.49. The fourth-order valence-electron chi connectivity index (χ4n) is 3.49. The molecule has 0 aromatic carbocycles. The summed E-state index contributed by atoms with van der Waals surface area (Å²) in [6, 6.07) is 0.640. The van der Waals surface area contributed by atoms with Crippen molar-refractivity contribution in [2.45, 2.75) is 63.5 Å². The number of primary amides is 1. The van der Waals surface area contributed by atoms with Crippen molar-refractivity contribution in [3.8, 4) is 0 Å². The minimum Gasteiger partial charge on any atom is -0.368 e. The van der Waals surface area contributed by atoms with Crippen LogP contribution in [-0.4, -0.2) is 42.5 Å². The molecule has 2 aliphatic rings. The van der Waals surface area contributed by atoms with Crippen LogP contribution in [-0.2, 0) is 4.79 Å². The van der Waals surface area contributed by atoms with Gasteiger partial charge in [0, 0.05) is 12.6 Å². The number of carbonyl (C=O) groups excluding carboxylic acids is 1. The molecular weight excluding hydrogens is 238 g/mol. The van der Waals surface area contributed by atoms with E-state index in [0.717, 1.165) is 32.4 Å². The van der Waals surface area contributed by atoms with Gasteiger partial charge in [0.15, 0.2) is 0 Å². The molecule has 1 amide bonds. The van der Waals surface area contributed by atoms with Gasteiger partial charge in [-0.25, -0.2) is 0 Å². The molecule has 0 bridgehead atoms. The number of amides is 1. The molecule has 2 aliphatic carbocycles. The number of nitrogens with one attached hydrogen (secondary N) is 1. The number of hydrogen-bond acceptors (Lipinski definition) is 3. The van der Waals surface area contributed by atoms with Crippen LogP contribution in [0.1, 0.15) is 51.9 Å². The normalized spacial score (nSPS) is 23.7. The molecule has 110 valence electrons. The first-order valence-corrected chi connectivity index (χ1v) is 7.85. The van der Waals surface area contributed by atoms with Gasteiger partial charge in [-0.15, -0.1) is 0 Å². The second-order valence-corrected chi connectivity index (χ2v) is 6.39. The van der Waals surface area contributed by atoms with Crippen molar-refractivity contribution < 1.29 is 4.79 Å². The van der Waals surface area contributed by atoms with Crippen molar-refractivity contribution in [3.63, 3.8) is 0 Å². The second kappa shape index (κ2) is 6.23. The molecule has 1 unspecified atom stereocenters. The minimum atomic E-state index is -0.493. The highest BCUT2D eigenvalue weighted by molar-refractivity contribution is 5.86. The topological polar surface area (TPSA) is 58.4 Å². The maximum atomic E-state index is 12.1. The first kappa shape index (κ1) is 14.8. The molecule has 2 rings (SSSR count). The predicted octanol–water partition coefficient (Wildman–Crippen LogP) is 1.49. The summed E-state index contributed by atoms with van der Waals surface area (Å²) < 4.78 is 0.